The van der Waals surface area contributed by atoms with Crippen LogP contribution in [-0.2, 0) is 26.2 Å². The van der Waals surface area contributed by atoms with Crippen LogP contribution in [0.4, 0.5) is 0 Å². The molecule has 1 fully saturated rings. The van der Waals surface area contributed by atoms with E-state index in [-0.39, 0.29) is 59.4 Å². The van der Waals surface area contributed by atoms with Crippen LogP contribution in [0.2, 0.25) is 13.1 Å². The van der Waals surface area contributed by atoms with Crippen LogP contribution in [0.15, 0.2) is 24.3 Å². The first kappa shape index (κ1) is 31.6. The summed E-state index contributed by atoms with van der Waals surface area (Å²) in [5.41, 5.74) is 6.95. The number of nitrogens with one attached hydrogen (secondary N) is 1. The summed E-state index contributed by atoms with van der Waals surface area (Å²) in [6.07, 6.45) is 23.6. The molecule has 1 saturated carbocycles. The molecule has 0 aromatic rings. The molecule has 0 amide bonds. The second-order valence-electron chi connectivity index (χ2n) is 7.13. The van der Waals surface area contributed by atoms with Gasteiger partial charge in [0.1, 0.15) is 0 Å². The van der Waals surface area contributed by atoms with Crippen molar-refractivity contribution in [1.82, 2.24) is 0 Å². The van der Waals surface area contributed by atoms with E-state index in [1.807, 2.05) is 0 Å². The Morgan fingerprint density at radius 2 is 1.50 bits per heavy atom. The molecule has 1 nitrogen and oxygen atoms in total. The van der Waals surface area contributed by atoms with E-state index in [9.17, 15) is 0 Å². The average Bonchev–Trinajstić information content (AvgIpc) is 2.99. The van der Waals surface area contributed by atoms with Gasteiger partial charge in [0, 0.05) is 0 Å². The SMILES string of the molecule is CCCCCCCCCC[NH-].C[Si](C)=C1[CH-]C2C=CC=CC2C1.[Cl-].[Cl-].[Zr+4]. The maximum absolute atomic E-state index is 6.95. The molecule has 1 N–H and O–H groups in total. The van der Waals surface area contributed by atoms with E-state index in [0.717, 1.165) is 18.3 Å². The Labute approximate surface area is 196 Å². The van der Waals surface area contributed by atoms with Crippen LogP contribution >= 0.6 is 0 Å². The van der Waals surface area contributed by atoms with E-state index in [4.69, 9.17) is 5.73 Å². The quantitative estimate of drug-likeness (QED) is 0.269. The molecular weight excluding hydrogens is 456 g/mol. The van der Waals surface area contributed by atoms with Crippen molar-refractivity contribution >= 4 is 13.6 Å². The molecule has 0 heterocycles. The van der Waals surface area contributed by atoms with Gasteiger partial charge in [0.2, 0.25) is 0 Å². The number of fused-ring (bicyclic) bond motifs is 1. The van der Waals surface area contributed by atoms with Crippen LogP contribution in [0.5, 0.6) is 0 Å². The zero-order valence-electron chi connectivity index (χ0n) is 16.9. The zero-order chi connectivity index (χ0) is 16.9. The van der Waals surface area contributed by atoms with Gasteiger partial charge in [0.15, 0.2) is 0 Å². The Hall–Kier alpha value is 0.860. The Morgan fingerprint density at radius 3 is 2.00 bits per heavy atom. The van der Waals surface area contributed by atoms with E-state index >= 15 is 0 Å². The fraction of sp³-hybridized carbons (Fsp3) is 0.714. The topological polar surface area (TPSA) is 23.8 Å². The van der Waals surface area contributed by atoms with E-state index < -0.39 is 0 Å². The molecule has 0 spiro atoms. The van der Waals surface area contributed by atoms with Gasteiger partial charge < -0.3 is 37.0 Å². The van der Waals surface area contributed by atoms with Gasteiger partial charge >= 0.3 is 26.2 Å². The minimum atomic E-state index is -0.176. The molecule has 2 atom stereocenters. The fourth-order valence-electron chi connectivity index (χ4n) is 3.24. The molecule has 0 aliphatic heterocycles. The standard InChI is InChI=1S/C11H15Si.C10H22N.2ClH.Zr/c1-12(2)11-7-9-5-3-4-6-10(9)8-11;1-2-3-4-5-6-7-8-9-10-11;;;/h3-7,9-10H,8H2,1-2H3;11H,2-10H2,1H3;2*1H;/q2*-1;;;+4/p-2. The first-order valence-corrected chi connectivity index (χ1v) is 12.2. The average molecular weight is 494 g/mol. The number of rotatable bonds is 8. The summed E-state index contributed by atoms with van der Waals surface area (Å²) >= 11 is 0. The molecule has 0 aromatic heterocycles. The van der Waals surface area contributed by atoms with Crippen molar-refractivity contribution in [2.45, 2.75) is 77.8 Å². The summed E-state index contributed by atoms with van der Waals surface area (Å²) in [5, 5.41) is 1.74. The van der Waals surface area contributed by atoms with Gasteiger partial charge in [-0.3, -0.25) is 0 Å². The van der Waals surface area contributed by atoms with Crippen LogP contribution in [0, 0.1) is 18.3 Å². The predicted octanol–water partition coefficient (Wildman–Crippen LogP) is 0.646. The number of allylic oxidation sites excluding steroid dienone is 4. The largest absolute Gasteiger partial charge is 4.00 e. The second-order valence-corrected chi connectivity index (χ2v) is 9.77. The van der Waals surface area contributed by atoms with E-state index in [1.54, 1.807) is 5.17 Å². The van der Waals surface area contributed by atoms with Crippen LogP contribution in [0.3, 0.4) is 0 Å². The molecule has 2 rings (SSSR count). The molecule has 0 radical (unpaired) electrons. The zero-order valence-corrected chi connectivity index (χ0v) is 21.8. The van der Waals surface area contributed by atoms with Crippen molar-refractivity contribution in [2.75, 3.05) is 6.54 Å². The molecule has 2 unspecified atom stereocenters. The molecule has 0 saturated heterocycles. The molecule has 2 aliphatic rings. The fourth-order valence-corrected chi connectivity index (χ4v) is 4.41. The Bertz CT molecular complexity index is 377. The van der Waals surface area contributed by atoms with Gasteiger partial charge in [0.05, 0.1) is 0 Å². The number of unbranched alkanes of at least 4 members (excludes halogenated alkanes) is 7. The maximum atomic E-state index is 6.95. The van der Waals surface area contributed by atoms with Crippen molar-refractivity contribution in [2.24, 2.45) is 11.8 Å². The number of hydrogen-bond donors (Lipinski definition) is 0. The van der Waals surface area contributed by atoms with Crippen molar-refractivity contribution in [3.05, 3.63) is 36.5 Å². The molecule has 2 aliphatic carbocycles. The first-order chi connectivity index (χ1) is 11.2. The third-order valence-electron chi connectivity index (χ3n) is 4.82. The Kier molecular flexibility index (Phi) is 25.0. The third kappa shape index (κ3) is 13.9. The van der Waals surface area contributed by atoms with Gasteiger partial charge in [-0.25, -0.2) is 5.17 Å². The molecular formula is C21H37Cl2NSiZr. The summed E-state index contributed by atoms with van der Waals surface area (Å²) in [6.45, 7) is 7.65. The molecule has 5 heteroatoms. The van der Waals surface area contributed by atoms with Gasteiger partial charge in [0.25, 0.3) is 0 Å². The third-order valence-corrected chi connectivity index (χ3v) is 6.47. The summed E-state index contributed by atoms with van der Waals surface area (Å²) < 4.78 is 0. The van der Waals surface area contributed by atoms with Crippen molar-refractivity contribution in [1.29, 1.82) is 0 Å². The number of halogens is 2. The van der Waals surface area contributed by atoms with Crippen LogP contribution < -0.4 is 24.8 Å². The predicted molar refractivity (Wildman–Crippen MR) is 108 cm³/mol. The summed E-state index contributed by atoms with van der Waals surface area (Å²) in [4.78, 5) is 0. The summed E-state index contributed by atoms with van der Waals surface area (Å²) in [6, 6.07) is 0. The van der Waals surface area contributed by atoms with Crippen molar-refractivity contribution in [3.63, 3.8) is 0 Å². The minimum Gasteiger partial charge on any atom is -1.00 e. The monoisotopic (exact) mass is 491 g/mol. The molecule has 26 heavy (non-hydrogen) atoms. The molecule has 148 valence electrons. The first-order valence-electron chi connectivity index (χ1n) is 9.69. The minimum absolute atomic E-state index is 0. The van der Waals surface area contributed by atoms with Crippen molar-refractivity contribution in [3.8, 4) is 0 Å². The summed E-state index contributed by atoms with van der Waals surface area (Å²) in [5.74, 6) is 1.52. The van der Waals surface area contributed by atoms with Gasteiger partial charge in [-0.05, 0) is 14.3 Å². The number of hydrogen-bond acceptors (Lipinski definition) is 0. The smallest absolute Gasteiger partial charge is 1.00 e. The van der Waals surface area contributed by atoms with Gasteiger partial charge in [-0.1, -0.05) is 96.0 Å². The summed E-state index contributed by atoms with van der Waals surface area (Å²) in [7, 11) is -0.176. The second kappa shape index (κ2) is 20.6. The van der Waals surface area contributed by atoms with Gasteiger partial charge in [-0.15, -0.1) is 12.0 Å². The van der Waals surface area contributed by atoms with Crippen molar-refractivity contribution < 1.29 is 51.0 Å². The normalized spacial score (nSPS) is 19.0. The van der Waals surface area contributed by atoms with Gasteiger partial charge in [-0.2, -0.15) is 6.54 Å². The van der Waals surface area contributed by atoms with E-state index in [0.29, 0.717) is 6.54 Å². The van der Waals surface area contributed by atoms with Crippen LogP contribution in [-0.4, -0.2) is 20.1 Å². The molecule has 0 aromatic carbocycles. The van der Waals surface area contributed by atoms with E-state index in [2.05, 4.69) is 50.7 Å². The molecule has 0 bridgehead atoms. The van der Waals surface area contributed by atoms with E-state index in [1.165, 1.54) is 51.4 Å². The maximum Gasteiger partial charge on any atom is 4.00 e. The Balaban J connectivity index is -0.000000367. The Morgan fingerprint density at radius 1 is 0.962 bits per heavy atom. The van der Waals surface area contributed by atoms with Crippen LogP contribution in [0.1, 0.15) is 64.7 Å². The van der Waals surface area contributed by atoms with Crippen LogP contribution in [0.25, 0.3) is 5.73 Å².